The van der Waals surface area contributed by atoms with E-state index in [1.807, 2.05) is 109 Å². The first kappa shape index (κ1) is 43.4. The predicted octanol–water partition coefficient (Wildman–Crippen LogP) is 14.9. The van der Waals surface area contributed by atoms with Crippen LogP contribution in [0.5, 0.6) is 11.5 Å². The Morgan fingerprint density at radius 3 is 1.16 bits per heavy atom. The van der Waals surface area contributed by atoms with Gasteiger partial charge in [0.1, 0.15) is 11.5 Å². The molecule has 64 heavy (non-hydrogen) atoms. The van der Waals surface area contributed by atoms with Gasteiger partial charge >= 0.3 is 0 Å². The van der Waals surface area contributed by atoms with Crippen LogP contribution < -0.4 is 29.9 Å². The largest absolute Gasteiger partial charge is 0.497 e. The van der Waals surface area contributed by atoms with Gasteiger partial charge in [0.25, 0.3) is 0 Å². The molecule has 10 nitrogen and oxygen atoms in total. The van der Waals surface area contributed by atoms with Crippen LogP contribution in [-0.2, 0) is 10.8 Å². The zero-order valence-electron chi connectivity index (χ0n) is 37.8. The molecule has 0 aliphatic carbocycles. The Balaban J connectivity index is 0.878. The lowest BCUT2D eigenvalue weighted by molar-refractivity contribution is 0.415. The number of benzene rings is 6. The van der Waals surface area contributed by atoms with Gasteiger partial charge in [-0.25, -0.2) is 0 Å². The van der Waals surface area contributed by atoms with E-state index in [1.54, 1.807) is 14.2 Å². The van der Waals surface area contributed by atoms with Crippen molar-refractivity contribution in [1.29, 1.82) is 0 Å². The monoisotopic (exact) mass is 850 g/mol. The van der Waals surface area contributed by atoms with Crippen LogP contribution in [0.3, 0.4) is 0 Å². The number of nitrogens with one attached hydrogen (secondary N) is 2. The van der Waals surface area contributed by atoms with Gasteiger partial charge in [0.2, 0.25) is 0 Å². The van der Waals surface area contributed by atoms with E-state index in [1.165, 1.54) is 22.5 Å². The second-order valence-electron chi connectivity index (χ2n) is 17.3. The Labute approximate surface area is 378 Å². The maximum atomic E-state index is 5.28. The van der Waals surface area contributed by atoms with Gasteiger partial charge in [0, 0.05) is 69.4 Å². The zero-order valence-corrected chi connectivity index (χ0v) is 37.8. The van der Waals surface area contributed by atoms with Crippen LogP contribution in [-0.4, -0.2) is 27.3 Å². The Hall–Kier alpha value is -7.20. The van der Waals surface area contributed by atoms with Crippen LogP contribution in [0.15, 0.2) is 190 Å². The summed E-state index contributed by atoms with van der Waals surface area (Å²) < 4.78 is 10.6. The lowest BCUT2D eigenvalue weighted by Crippen LogP contribution is -2.27. The molecule has 2 N–H and O–H groups in total. The first-order chi connectivity index (χ1) is 31.1. The Morgan fingerprint density at radius 1 is 0.453 bits per heavy atom. The number of ether oxygens (including phenoxy) is 2. The van der Waals surface area contributed by atoms with E-state index in [2.05, 4.69) is 117 Å². The molecule has 0 fully saturated rings. The van der Waals surface area contributed by atoms with Crippen molar-refractivity contribution in [3.05, 3.63) is 181 Å². The van der Waals surface area contributed by atoms with Crippen LogP contribution in [0, 0.1) is 0 Å². The quantitative estimate of drug-likeness (QED) is 0.0700. The highest BCUT2D eigenvalue weighted by atomic mass is 16.5. The Bertz CT molecular complexity index is 2450. The van der Waals surface area contributed by atoms with Crippen molar-refractivity contribution in [3.63, 3.8) is 0 Å². The van der Waals surface area contributed by atoms with Crippen LogP contribution in [0.1, 0.15) is 64.5 Å². The van der Waals surface area contributed by atoms with Crippen LogP contribution in [0.4, 0.5) is 45.5 Å². The third-order valence-corrected chi connectivity index (χ3v) is 12.3. The van der Waals surface area contributed by atoms with Gasteiger partial charge in [-0.2, -0.15) is 20.5 Å². The number of rotatable bonds is 17. The van der Waals surface area contributed by atoms with Crippen molar-refractivity contribution in [3.8, 4) is 11.5 Å². The summed E-state index contributed by atoms with van der Waals surface area (Å²) >= 11 is 0. The van der Waals surface area contributed by atoms with Gasteiger partial charge in [-0.05, 0) is 133 Å². The third-order valence-electron chi connectivity index (χ3n) is 12.3. The number of hydrogen-bond acceptors (Lipinski definition) is 10. The molecule has 0 radical (unpaired) electrons. The molecule has 2 aliphatic rings. The molecule has 8 rings (SSSR count). The number of nitrogens with zero attached hydrogens (tertiary/aromatic N) is 6. The second kappa shape index (κ2) is 19.5. The van der Waals surface area contributed by atoms with E-state index in [-0.39, 0.29) is 10.8 Å². The van der Waals surface area contributed by atoms with Gasteiger partial charge in [0.15, 0.2) is 0 Å². The highest BCUT2D eigenvalue weighted by molar-refractivity contribution is 5.71. The van der Waals surface area contributed by atoms with E-state index in [0.717, 1.165) is 95.8 Å². The van der Waals surface area contributed by atoms with E-state index < -0.39 is 0 Å². The highest BCUT2D eigenvalue weighted by Crippen LogP contribution is 2.49. The minimum absolute atomic E-state index is 0.198. The van der Waals surface area contributed by atoms with Crippen molar-refractivity contribution < 1.29 is 9.47 Å². The second-order valence-corrected chi connectivity index (χ2v) is 17.3. The summed E-state index contributed by atoms with van der Waals surface area (Å²) in [7, 11) is 3.34. The van der Waals surface area contributed by atoms with Crippen molar-refractivity contribution in [2.24, 2.45) is 20.5 Å². The highest BCUT2D eigenvalue weighted by Gasteiger charge is 2.41. The van der Waals surface area contributed by atoms with Crippen LogP contribution in [0.2, 0.25) is 0 Å². The molecule has 0 saturated carbocycles. The molecular formula is C54H58N8O2. The Kier molecular flexibility index (Phi) is 13.2. The van der Waals surface area contributed by atoms with Crippen molar-refractivity contribution >= 4 is 45.5 Å². The fourth-order valence-corrected chi connectivity index (χ4v) is 8.73. The predicted molar refractivity (Wildman–Crippen MR) is 263 cm³/mol. The Morgan fingerprint density at radius 2 is 0.797 bits per heavy atom. The number of unbranched alkanes of at least 4 members (excludes halogenated alkanes) is 3. The number of anilines is 6. The van der Waals surface area contributed by atoms with E-state index >= 15 is 0 Å². The van der Waals surface area contributed by atoms with E-state index in [0.29, 0.717) is 0 Å². The van der Waals surface area contributed by atoms with Crippen molar-refractivity contribution in [2.75, 3.05) is 47.7 Å². The molecule has 10 heteroatoms. The first-order valence-electron chi connectivity index (χ1n) is 22.1. The lowest BCUT2D eigenvalue weighted by Gasteiger charge is -2.27. The molecule has 2 aliphatic heterocycles. The van der Waals surface area contributed by atoms with E-state index in [9.17, 15) is 0 Å². The topological polar surface area (TPSA) is 98.4 Å². The van der Waals surface area contributed by atoms with Crippen molar-refractivity contribution in [1.82, 2.24) is 0 Å². The zero-order chi connectivity index (χ0) is 44.5. The molecular weight excluding hydrogens is 793 g/mol. The average molecular weight is 851 g/mol. The molecule has 0 amide bonds. The first-order valence-corrected chi connectivity index (χ1v) is 22.1. The SMILES string of the molecule is COc1ccc(Nc2ccc(/N=N/C=C3/N(CCCCCCN4/C(=C/N=N/c5ccc(Nc6ccc(OC)cc6)cc5)C(C)(C)c5ccccc54)c4ccccc4C3(C)C)cc2)cc1. The molecule has 326 valence electrons. The molecule has 0 unspecified atom stereocenters. The van der Waals surface area contributed by atoms with E-state index in [4.69, 9.17) is 9.47 Å². The number of azo groups is 2. The standard InChI is InChI=1S/C54H58N8O2/c1-53(2)47-15-9-11-17-49(47)61(51(53)37-55-59-43-23-19-39(20-24-43)57-41-27-31-45(63-5)32-28-41)35-13-7-8-14-36-62-50-18-12-10-16-48(50)54(3,4)52(62)38-56-60-44-25-21-40(22-26-44)58-42-29-33-46(64-6)34-30-42/h9-12,15-34,37-38,57-58H,7-8,13-14,35-36H2,1-6H3/b51-37+,52-38+,59-55+,60-56+. The maximum Gasteiger partial charge on any atom is 0.119 e. The maximum absolute atomic E-state index is 5.28. The number of fused-ring (bicyclic) bond motifs is 2. The fraction of sp³-hybridized carbons (Fsp3) is 0.259. The normalized spacial score (nSPS) is 16.2. The number of methoxy groups -OCH3 is 2. The smallest absolute Gasteiger partial charge is 0.119 e. The summed E-state index contributed by atoms with van der Waals surface area (Å²) in [6, 6.07) is 49.2. The molecule has 0 spiro atoms. The summed E-state index contributed by atoms with van der Waals surface area (Å²) in [5, 5.41) is 25.3. The molecule has 6 aromatic rings. The summed E-state index contributed by atoms with van der Waals surface area (Å²) in [6.45, 7) is 11.0. The summed E-state index contributed by atoms with van der Waals surface area (Å²) in [5.74, 6) is 1.66. The molecule has 0 bridgehead atoms. The molecule has 0 saturated heterocycles. The summed E-state index contributed by atoms with van der Waals surface area (Å²) in [6.07, 6.45) is 8.27. The van der Waals surface area contributed by atoms with Gasteiger partial charge in [-0.15, -0.1) is 0 Å². The summed E-state index contributed by atoms with van der Waals surface area (Å²) in [5.41, 5.74) is 12.6. The van der Waals surface area contributed by atoms with Gasteiger partial charge in [-0.3, -0.25) is 0 Å². The number of hydrogen-bond donors (Lipinski definition) is 2. The van der Waals surface area contributed by atoms with Crippen LogP contribution >= 0.6 is 0 Å². The fourth-order valence-electron chi connectivity index (χ4n) is 8.73. The number of para-hydroxylation sites is 2. The van der Waals surface area contributed by atoms with Gasteiger partial charge in [-0.1, -0.05) is 76.9 Å². The molecule has 6 aromatic carbocycles. The minimum atomic E-state index is -0.198. The molecule has 0 atom stereocenters. The third kappa shape index (κ3) is 9.71. The van der Waals surface area contributed by atoms with Crippen LogP contribution in [0.25, 0.3) is 0 Å². The average Bonchev–Trinajstić information content (AvgIpc) is 3.67. The van der Waals surface area contributed by atoms with Gasteiger partial charge < -0.3 is 29.9 Å². The van der Waals surface area contributed by atoms with Gasteiger partial charge in [0.05, 0.1) is 38.0 Å². The summed E-state index contributed by atoms with van der Waals surface area (Å²) in [4.78, 5) is 4.90. The minimum Gasteiger partial charge on any atom is -0.497 e. The molecule has 2 heterocycles. The molecule has 0 aromatic heterocycles. The van der Waals surface area contributed by atoms with Crippen molar-refractivity contribution in [2.45, 2.75) is 64.2 Å². The lowest BCUT2D eigenvalue weighted by atomic mass is 9.84. The number of allylic oxidation sites excluding steroid dienone is 2.